The number of hydrogen-bond donors (Lipinski definition) is 1. The van der Waals surface area contributed by atoms with Crippen LogP contribution in [-0.2, 0) is 6.18 Å². The van der Waals surface area contributed by atoms with Gasteiger partial charge in [-0.3, -0.25) is 0 Å². The van der Waals surface area contributed by atoms with Crippen molar-refractivity contribution in [1.29, 1.82) is 0 Å². The largest absolute Gasteiger partial charge is 0.416 e. The average Bonchev–Trinajstić information content (AvgIpc) is 3.10. The Kier molecular flexibility index (Phi) is 4.96. The van der Waals surface area contributed by atoms with Gasteiger partial charge in [-0.05, 0) is 48.7 Å². The molecule has 29 heavy (non-hydrogen) atoms. The van der Waals surface area contributed by atoms with E-state index in [1.54, 1.807) is 0 Å². The highest BCUT2D eigenvalue weighted by atomic mass is 35.5. The molecule has 8 heteroatoms. The summed E-state index contributed by atoms with van der Waals surface area (Å²) in [5.74, 6) is 0.408. The van der Waals surface area contributed by atoms with E-state index >= 15 is 0 Å². The number of alkyl halides is 3. The number of rotatable bonds is 3. The maximum absolute atomic E-state index is 13.1. The number of benzene rings is 2. The molecule has 0 unspecified atom stereocenters. The topological polar surface area (TPSA) is 37.8 Å². The Bertz CT molecular complexity index is 1220. The van der Waals surface area contributed by atoms with Crippen LogP contribution in [0, 0.1) is 13.8 Å². The van der Waals surface area contributed by atoms with Crippen LogP contribution in [-0.4, -0.2) is 9.97 Å². The second-order valence-electron chi connectivity index (χ2n) is 6.67. The molecule has 0 aliphatic carbocycles. The zero-order valence-electron chi connectivity index (χ0n) is 15.4. The minimum atomic E-state index is -4.46. The number of hydrogen-bond acceptors (Lipinski definition) is 4. The molecule has 2 heterocycles. The van der Waals surface area contributed by atoms with E-state index < -0.39 is 11.7 Å². The minimum Gasteiger partial charge on any atom is -0.338 e. The standard InChI is InChI=1S/C21H15ClF3N3S/c1-11-3-4-13(7-12(11)2)15-9-29-20-18(15)19(26-10-27-20)28-17-8-14(21(23,24)25)5-6-16(17)22/h3-10H,1-2H3,(H,26,27,28). The molecule has 0 fully saturated rings. The molecule has 2 aromatic heterocycles. The van der Waals surface area contributed by atoms with Crippen molar-refractivity contribution < 1.29 is 13.2 Å². The monoisotopic (exact) mass is 433 g/mol. The summed E-state index contributed by atoms with van der Waals surface area (Å²) < 4.78 is 39.3. The van der Waals surface area contributed by atoms with Crippen LogP contribution in [0.25, 0.3) is 21.3 Å². The molecule has 0 aliphatic heterocycles. The molecule has 0 aliphatic rings. The van der Waals surface area contributed by atoms with E-state index in [9.17, 15) is 13.2 Å². The lowest BCUT2D eigenvalue weighted by atomic mass is 10.0. The van der Waals surface area contributed by atoms with Gasteiger partial charge < -0.3 is 5.32 Å². The van der Waals surface area contributed by atoms with Crippen LogP contribution in [0.5, 0.6) is 0 Å². The molecule has 0 saturated heterocycles. The maximum atomic E-state index is 13.1. The zero-order chi connectivity index (χ0) is 20.8. The summed E-state index contributed by atoms with van der Waals surface area (Å²) in [5.41, 5.74) is 3.59. The van der Waals surface area contributed by atoms with Crippen LogP contribution < -0.4 is 5.32 Å². The van der Waals surface area contributed by atoms with E-state index in [0.29, 0.717) is 5.82 Å². The molecule has 0 amide bonds. The molecule has 4 aromatic rings. The highest BCUT2D eigenvalue weighted by molar-refractivity contribution is 7.17. The van der Waals surface area contributed by atoms with Gasteiger partial charge in [0.1, 0.15) is 17.0 Å². The molecule has 0 saturated carbocycles. The lowest BCUT2D eigenvalue weighted by Gasteiger charge is -2.13. The predicted octanol–water partition coefficient (Wildman–Crippen LogP) is 7.39. The van der Waals surface area contributed by atoms with Crippen molar-refractivity contribution in [3.8, 4) is 11.1 Å². The number of aromatic nitrogens is 2. The molecule has 1 N–H and O–H groups in total. The summed E-state index contributed by atoms with van der Waals surface area (Å²) in [7, 11) is 0. The first kappa shape index (κ1) is 19.7. The predicted molar refractivity (Wildman–Crippen MR) is 112 cm³/mol. The summed E-state index contributed by atoms with van der Waals surface area (Å²) in [5, 5.41) is 5.87. The fourth-order valence-corrected chi connectivity index (χ4v) is 4.10. The Hall–Kier alpha value is -2.64. The Morgan fingerprint density at radius 1 is 1.00 bits per heavy atom. The van der Waals surface area contributed by atoms with Gasteiger partial charge in [0.2, 0.25) is 0 Å². The first-order chi connectivity index (χ1) is 13.7. The Morgan fingerprint density at radius 3 is 2.52 bits per heavy atom. The van der Waals surface area contributed by atoms with Crippen molar-refractivity contribution >= 4 is 44.7 Å². The molecular weight excluding hydrogens is 419 g/mol. The lowest BCUT2D eigenvalue weighted by Crippen LogP contribution is -2.06. The number of nitrogens with zero attached hydrogens (tertiary/aromatic N) is 2. The van der Waals surface area contributed by atoms with Gasteiger partial charge in [0.05, 0.1) is 21.7 Å². The van der Waals surface area contributed by atoms with E-state index in [2.05, 4.69) is 21.4 Å². The SMILES string of the molecule is Cc1ccc(-c2csc3ncnc(Nc4cc(C(F)(F)F)ccc4Cl)c23)cc1C. The molecule has 4 rings (SSSR count). The van der Waals surface area contributed by atoms with Crippen LogP contribution in [0.2, 0.25) is 5.02 Å². The average molecular weight is 434 g/mol. The van der Waals surface area contributed by atoms with Crippen LogP contribution in [0.1, 0.15) is 16.7 Å². The van der Waals surface area contributed by atoms with Gasteiger partial charge >= 0.3 is 6.18 Å². The lowest BCUT2D eigenvalue weighted by molar-refractivity contribution is -0.137. The number of fused-ring (bicyclic) bond motifs is 1. The maximum Gasteiger partial charge on any atom is 0.416 e. The first-order valence-electron chi connectivity index (χ1n) is 8.67. The molecule has 0 radical (unpaired) electrons. The van der Waals surface area contributed by atoms with Gasteiger partial charge in [-0.2, -0.15) is 13.2 Å². The minimum absolute atomic E-state index is 0.138. The highest BCUT2D eigenvalue weighted by Crippen LogP contribution is 2.40. The van der Waals surface area contributed by atoms with E-state index in [1.165, 1.54) is 29.3 Å². The smallest absolute Gasteiger partial charge is 0.338 e. The number of anilines is 2. The van der Waals surface area contributed by atoms with Gasteiger partial charge in [0, 0.05) is 10.9 Å². The summed E-state index contributed by atoms with van der Waals surface area (Å²) in [4.78, 5) is 9.32. The van der Waals surface area contributed by atoms with Crippen molar-refractivity contribution in [2.24, 2.45) is 0 Å². The second-order valence-corrected chi connectivity index (χ2v) is 7.93. The number of nitrogens with one attached hydrogen (secondary N) is 1. The Balaban J connectivity index is 1.84. The van der Waals surface area contributed by atoms with Crippen molar-refractivity contribution in [2.75, 3.05) is 5.32 Å². The van der Waals surface area contributed by atoms with E-state index in [0.717, 1.165) is 39.0 Å². The molecule has 0 atom stereocenters. The molecule has 0 bridgehead atoms. The Morgan fingerprint density at radius 2 is 1.79 bits per heavy atom. The fourth-order valence-electron chi connectivity index (χ4n) is 3.02. The van der Waals surface area contributed by atoms with Crippen molar-refractivity contribution in [3.63, 3.8) is 0 Å². The number of aryl methyl sites for hydroxylation is 2. The zero-order valence-corrected chi connectivity index (χ0v) is 17.0. The van der Waals surface area contributed by atoms with Gasteiger partial charge in [-0.15, -0.1) is 11.3 Å². The number of thiophene rings is 1. The van der Waals surface area contributed by atoms with Gasteiger partial charge in [0.25, 0.3) is 0 Å². The third-order valence-electron chi connectivity index (χ3n) is 4.73. The third-order valence-corrected chi connectivity index (χ3v) is 5.95. The van der Waals surface area contributed by atoms with Crippen LogP contribution in [0.3, 0.4) is 0 Å². The highest BCUT2D eigenvalue weighted by Gasteiger charge is 2.31. The van der Waals surface area contributed by atoms with E-state index in [-0.39, 0.29) is 10.7 Å². The van der Waals surface area contributed by atoms with Crippen LogP contribution >= 0.6 is 22.9 Å². The fraction of sp³-hybridized carbons (Fsp3) is 0.143. The molecule has 0 spiro atoms. The molecule has 2 aromatic carbocycles. The van der Waals surface area contributed by atoms with Gasteiger partial charge in [-0.25, -0.2) is 9.97 Å². The summed E-state index contributed by atoms with van der Waals surface area (Å²) in [6.45, 7) is 4.07. The molecular formula is C21H15ClF3N3S. The van der Waals surface area contributed by atoms with E-state index in [1.807, 2.05) is 31.4 Å². The van der Waals surface area contributed by atoms with Gasteiger partial charge in [0.15, 0.2) is 0 Å². The number of halogens is 4. The molecule has 148 valence electrons. The third kappa shape index (κ3) is 3.80. The normalized spacial score (nSPS) is 11.8. The van der Waals surface area contributed by atoms with Crippen LogP contribution in [0.4, 0.5) is 24.7 Å². The van der Waals surface area contributed by atoms with Crippen molar-refractivity contribution in [3.05, 3.63) is 69.8 Å². The summed E-state index contributed by atoms with van der Waals surface area (Å²) in [6, 6.07) is 9.28. The van der Waals surface area contributed by atoms with E-state index in [4.69, 9.17) is 11.6 Å². The second kappa shape index (κ2) is 7.31. The van der Waals surface area contributed by atoms with Crippen LogP contribution in [0.15, 0.2) is 48.1 Å². The summed E-state index contributed by atoms with van der Waals surface area (Å²) >= 11 is 7.60. The Labute approximate surface area is 174 Å². The quantitative estimate of drug-likeness (QED) is 0.366. The molecule has 3 nitrogen and oxygen atoms in total. The van der Waals surface area contributed by atoms with Crippen molar-refractivity contribution in [2.45, 2.75) is 20.0 Å². The van der Waals surface area contributed by atoms with Crippen molar-refractivity contribution in [1.82, 2.24) is 9.97 Å². The summed E-state index contributed by atoms with van der Waals surface area (Å²) in [6.07, 6.45) is -3.08. The van der Waals surface area contributed by atoms with Gasteiger partial charge in [-0.1, -0.05) is 29.8 Å². The first-order valence-corrected chi connectivity index (χ1v) is 9.93.